The minimum atomic E-state index is 0.870. The third-order valence-corrected chi connectivity index (χ3v) is 1.93. The summed E-state index contributed by atoms with van der Waals surface area (Å²) in [6.45, 7) is 5.75. The van der Waals surface area contributed by atoms with Gasteiger partial charge in [-0.3, -0.25) is 0 Å². The zero-order valence-electron chi connectivity index (χ0n) is 8.12. The minimum absolute atomic E-state index is 0.870. The normalized spacial score (nSPS) is 11.2. The Balaban J connectivity index is 2.40. The number of benzene rings is 1. The van der Waals surface area contributed by atoms with E-state index in [0.717, 1.165) is 22.4 Å². The molecule has 0 amide bonds. The van der Waals surface area contributed by atoms with Crippen molar-refractivity contribution in [1.82, 2.24) is 9.97 Å². The van der Waals surface area contributed by atoms with Crippen molar-refractivity contribution in [3.63, 3.8) is 0 Å². The van der Waals surface area contributed by atoms with Gasteiger partial charge in [-0.05, 0) is 25.1 Å². The van der Waals surface area contributed by atoms with Crippen LogP contribution in [0, 0.1) is 0 Å². The summed E-state index contributed by atoms with van der Waals surface area (Å²) in [7, 11) is 0. The molecule has 0 radical (unpaired) electrons. The molecule has 1 aromatic carbocycles. The number of imidazole rings is 1. The highest BCUT2D eigenvalue weighted by Gasteiger charge is 1.96. The van der Waals surface area contributed by atoms with E-state index in [9.17, 15) is 0 Å². The Bertz CT molecular complexity index is 459. The van der Waals surface area contributed by atoms with Crippen molar-refractivity contribution in [3.8, 4) is 0 Å². The van der Waals surface area contributed by atoms with Crippen molar-refractivity contribution in [2.45, 2.75) is 6.92 Å². The van der Waals surface area contributed by atoms with Crippen LogP contribution in [0.15, 0.2) is 42.5 Å². The van der Waals surface area contributed by atoms with Gasteiger partial charge in [0.25, 0.3) is 0 Å². The number of nitrogens with one attached hydrogen (secondary N) is 1. The summed E-state index contributed by atoms with van der Waals surface area (Å²) in [5.41, 5.74) is 3.08. The van der Waals surface area contributed by atoms with Crippen LogP contribution in [0.2, 0.25) is 0 Å². The molecule has 1 aromatic heterocycles. The fraction of sp³-hybridized carbons (Fsp3) is 0.0833. The summed E-state index contributed by atoms with van der Waals surface area (Å²) >= 11 is 0. The molecule has 0 spiro atoms. The molecule has 14 heavy (non-hydrogen) atoms. The Labute approximate surface area is 83.0 Å². The quantitative estimate of drug-likeness (QED) is 0.713. The Morgan fingerprint density at radius 2 is 2.21 bits per heavy atom. The van der Waals surface area contributed by atoms with Crippen molar-refractivity contribution < 1.29 is 0 Å². The van der Waals surface area contributed by atoms with Gasteiger partial charge < -0.3 is 4.98 Å². The molecule has 2 nitrogen and oxygen atoms in total. The lowest BCUT2D eigenvalue weighted by Gasteiger charge is -1.84. The lowest BCUT2D eigenvalue weighted by Crippen LogP contribution is -1.73. The number of para-hydroxylation sites is 2. The highest BCUT2D eigenvalue weighted by Crippen LogP contribution is 2.11. The number of aromatic amines is 1. The largest absolute Gasteiger partial charge is 0.338 e. The van der Waals surface area contributed by atoms with Crippen molar-refractivity contribution in [2.24, 2.45) is 0 Å². The third kappa shape index (κ3) is 1.74. The van der Waals surface area contributed by atoms with Crippen LogP contribution in [-0.2, 0) is 0 Å². The van der Waals surface area contributed by atoms with E-state index in [1.165, 1.54) is 0 Å². The number of rotatable bonds is 2. The van der Waals surface area contributed by atoms with E-state index in [4.69, 9.17) is 0 Å². The van der Waals surface area contributed by atoms with Crippen LogP contribution < -0.4 is 0 Å². The monoisotopic (exact) mass is 184 g/mol. The average Bonchev–Trinajstić information content (AvgIpc) is 2.57. The van der Waals surface area contributed by atoms with Gasteiger partial charge in [-0.25, -0.2) is 4.98 Å². The minimum Gasteiger partial charge on any atom is -0.338 e. The van der Waals surface area contributed by atoms with E-state index >= 15 is 0 Å². The summed E-state index contributed by atoms with van der Waals surface area (Å²) in [6.07, 6.45) is 3.88. The zero-order valence-corrected chi connectivity index (χ0v) is 8.12. The van der Waals surface area contributed by atoms with Gasteiger partial charge in [-0.2, -0.15) is 0 Å². The fourth-order valence-corrected chi connectivity index (χ4v) is 1.27. The molecular weight excluding hydrogens is 172 g/mol. The first-order valence-corrected chi connectivity index (χ1v) is 4.54. The Morgan fingerprint density at radius 1 is 1.43 bits per heavy atom. The number of aromatic nitrogens is 2. The van der Waals surface area contributed by atoms with Crippen LogP contribution in [0.3, 0.4) is 0 Å². The first kappa shape index (κ1) is 8.75. The van der Waals surface area contributed by atoms with Gasteiger partial charge in [0.1, 0.15) is 5.82 Å². The van der Waals surface area contributed by atoms with Gasteiger partial charge in [-0.1, -0.05) is 30.4 Å². The summed E-state index contributed by atoms with van der Waals surface area (Å²) in [4.78, 5) is 7.61. The molecule has 0 aliphatic rings. The van der Waals surface area contributed by atoms with Gasteiger partial charge >= 0.3 is 0 Å². The van der Waals surface area contributed by atoms with Crippen molar-refractivity contribution in [1.29, 1.82) is 0 Å². The van der Waals surface area contributed by atoms with E-state index in [-0.39, 0.29) is 0 Å². The predicted molar refractivity (Wildman–Crippen MR) is 59.9 cm³/mol. The Hall–Kier alpha value is -1.83. The average molecular weight is 184 g/mol. The van der Waals surface area contributed by atoms with Crippen LogP contribution in [0.5, 0.6) is 0 Å². The van der Waals surface area contributed by atoms with Crippen LogP contribution in [0.25, 0.3) is 17.1 Å². The number of allylic oxidation sites excluding steroid dienone is 2. The van der Waals surface area contributed by atoms with Crippen LogP contribution in [0.1, 0.15) is 12.7 Å². The van der Waals surface area contributed by atoms with Gasteiger partial charge in [0.05, 0.1) is 11.0 Å². The Kier molecular flexibility index (Phi) is 2.19. The lowest BCUT2D eigenvalue weighted by atomic mass is 10.3. The molecule has 0 aliphatic heterocycles. The Morgan fingerprint density at radius 3 is 2.93 bits per heavy atom. The molecule has 70 valence electrons. The molecular formula is C12H12N2. The second-order valence-corrected chi connectivity index (χ2v) is 3.32. The van der Waals surface area contributed by atoms with Crippen LogP contribution in [-0.4, -0.2) is 9.97 Å². The van der Waals surface area contributed by atoms with E-state index in [0.29, 0.717) is 0 Å². The highest BCUT2D eigenvalue weighted by molar-refractivity contribution is 5.76. The summed E-state index contributed by atoms with van der Waals surface area (Å²) < 4.78 is 0. The molecule has 0 saturated carbocycles. The smallest absolute Gasteiger partial charge is 0.131 e. The molecule has 0 atom stereocenters. The molecule has 0 aliphatic carbocycles. The predicted octanol–water partition coefficient (Wildman–Crippen LogP) is 3.15. The molecule has 2 heteroatoms. The van der Waals surface area contributed by atoms with Gasteiger partial charge in [0.2, 0.25) is 0 Å². The maximum Gasteiger partial charge on any atom is 0.131 e. The summed E-state index contributed by atoms with van der Waals surface area (Å²) in [5.74, 6) is 0.870. The zero-order chi connectivity index (χ0) is 9.97. The van der Waals surface area contributed by atoms with Crippen LogP contribution >= 0.6 is 0 Å². The summed E-state index contributed by atoms with van der Waals surface area (Å²) in [6, 6.07) is 7.98. The SMILES string of the molecule is C=C(C)/C=C/c1nc2ccccc2[nH]1. The third-order valence-electron chi connectivity index (χ3n) is 1.93. The first-order chi connectivity index (χ1) is 6.75. The standard InChI is InChI=1S/C12H12N2/c1-9(2)7-8-12-13-10-5-3-4-6-11(10)14-12/h3-8H,1H2,2H3,(H,13,14)/b8-7+. The molecule has 1 heterocycles. The number of fused-ring (bicyclic) bond motifs is 1. The highest BCUT2D eigenvalue weighted by atomic mass is 14.9. The summed E-state index contributed by atoms with van der Waals surface area (Å²) in [5, 5.41) is 0. The molecule has 1 N–H and O–H groups in total. The van der Waals surface area contributed by atoms with E-state index in [1.54, 1.807) is 0 Å². The number of hydrogen-bond donors (Lipinski definition) is 1. The molecule has 2 rings (SSSR count). The van der Waals surface area contributed by atoms with E-state index in [1.807, 2.05) is 43.3 Å². The van der Waals surface area contributed by atoms with Crippen molar-refractivity contribution >= 4 is 17.1 Å². The molecule has 2 aromatic rings. The fourth-order valence-electron chi connectivity index (χ4n) is 1.27. The van der Waals surface area contributed by atoms with Crippen molar-refractivity contribution in [2.75, 3.05) is 0 Å². The second kappa shape index (κ2) is 3.50. The lowest BCUT2D eigenvalue weighted by molar-refractivity contribution is 1.29. The molecule has 0 bridgehead atoms. The van der Waals surface area contributed by atoms with E-state index in [2.05, 4.69) is 16.5 Å². The molecule has 0 fully saturated rings. The van der Waals surface area contributed by atoms with Gasteiger partial charge in [0.15, 0.2) is 0 Å². The van der Waals surface area contributed by atoms with Crippen LogP contribution in [0.4, 0.5) is 0 Å². The van der Waals surface area contributed by atoms with Crippen molar-refractivity contribution in [3.05, 3.63) is 48.3 Å². The number of H-pyrrole nitrogens is 1. The molecule has 0 unspecified atom stereocenters. The van der Waals surface area contributed by atoms with E-state index < -0.39 is 0 Å². The number of nitrogens with zero attached hydrogens (tertiary/aromatic N) is 1. The topological polar surface area (TPSA) is 28.7 Å². The number of hydrogen-bond acceptors (Lipinski definition) is 1. The van der Waals surface area contributed by atoms with Gasteiger partial charge in [-0.15, -0.1) is 0 Å². The van der Waals surface area contributed by atoms with Gasteiger partial charge in [0, 0.05) is 0 Å². The second-order valence-electron chi connectivity index (χ2n) is 3.32. The molecule has 0 saturated heterocycles. The maximum absolute atomic E-state index is 4.40. The first-order valence-electron chi connectivity index (χ1n) is 4.54. The maximum atomic E-state index is 4.40.